The maximum atomic E-state index is 9.28. The number of piperazine rings is 1. The van der Waals surface area contributed by atoms with E-state index in [0.717, 1.165) is 42.5 Å². The number of aromatic nitrogens is 1. The first-order valence-corrected chi connectivity index (χ1v) is 8.62. The lowest BCUT2D eigenvalue weighted by molar-refractivity contribution is 0.147. The molecule has 1 aromatic rings. The lowest BCUT2D eigenvalue weighted by Crippen LogP contribution is -2.51. The lowest BCUT2D eigenvalue weighted by atomic mass is 9.94. The Morgan fingerprint density at radius 2 is 1.86 bits per heavy atom. The Hall–Kier alpha value is -1.12. The molecule has 0 amide bonds. The zero-order valence-electron chi connectivity index (χ0n) is 12.3. The lowest BCUT2D eigenvalue weighted by Gasteiger charge is -2.41. The number of pyridine rings is 1. The topological polar surface area (TPSA) is 43.2 Å². The third-order valence-electron chi connectivity index (χ3n) is 4.66. The minimum absolute atomic E-state index is 0.662. The smallest absolute Gasteiger partial charge is 0.146 e. The van der Waals surface area contributed by atoms with Crippen LogP contribution in [0.25, 0.3) is 0 Å². The third kappa shape index (κ3) is 3.38. The van der Waals surface area contributed by atoms with Crippen LogP contribution in [0.4, 0.5) is 5.82 Å². The van der Waals surface area contributed by atoms with Gasteiger partial charge < -0.3 is 4.90 Å². The van der Waals surface area contributed by atoms with Crippen LogP contribution >= 0.6 is 15.9 Å². The second-order valence-corrected chi connectivity index (χ2v) is 6.87. The van der Waals surface area contributed by atoms with Gasteiger partial charge in [-0.1, -0.05) is 19.3 Å². The Bertz CT molecular complexity index is 526. The number of nitriles is 1. The van der Waals surface area contributed by atoms with Gasteiger partial charge in [0.05, 0.1) is 5.56 Å². The van der Waals surface area contributed by atoms with Crippen molar-refractivity contribution >= 4 is 21.7 Å². The van der Waals surface area contributed by atoms with Crippen molar-refractivity contribution < 1.29 is 0 Å². The Labute approximate surface area is 134 Å². The number of nitrogens with zero attached hydrogens (tertiary/aromatic N) is 4. The average Bonchev–Trinajstić information content (AvgIpc) is 2.56. The molecule has 21 heavy (non-hydrogen) atoms. The number of anilines is 1. The summed E-state index contributed by atoms with van der Waals surface area (Å²) in [5.41, 5.74) is 0.662. The molecule has 1 saturated carbocycles. The number of hydrogen-bond donors (Lipinski definition) is 0. The highest BCUT2D eigenvalue weighted by Gasteiger charge is 2.26. The predicted molar refractivity (Wildman–Crippen MR) is 87.3 cm³/mol. The molecule has 1 saturated heterocycles. The summed E-state index contributed by atoms with van der Waals surface area (Å²) in [6.45, 7) is 4.13. The van der Waals surface area contributed by atoms with Gasteiger partial charge in [-0.15, -0.1) is 0 Å². The second kappa shape index (κ2) is 6.76. The molecule has 3 rings (SSSR count). The van der Waals surface area contributed by atoms with E-state index in [4.69, 9.17) is 0 Å². The van der Waals surface area contributed by atoms with Gasteiger partial charge in [-0.2, -0.15) is 5.26 Å². The minimum atomic E-state index is 0.662. The van der Waals surface area contributed by atoms with E-state index in [1.54, 1.807) is 6.20 Å². The van der Waals surface area contributed by atoms with Crippen molar-refractivity contribution in [3.63, 3.8) is 0 Å². The van der Waals surface area contributed by atoms with Crippen LogP contribution < -0.4 is 4.90 Å². The van der Waals surface area contributed by atoms with Crippen LogP contribution in [0.1, 0.15) is 37.7 Å². The first-order valence-electron chi connectivity index (χ1n) is 7.82. The SMILES string of the molecule is N#Cc1cc(Br)cnc1N1CCN(C2CCCCC2)CC1. The van der Waals surface area contributed by atoms with Crippen LogP contribution in [-0.4, -0.2) is 42.1 Å². The molecule has 112 valence electrons. The predicted octanol–water partition coefficient (Wildman–Crippen LogP) is 3.17. The van der Waals surface area contributed by atoms with E-state index in [9.17, 15) is 5.26 Å². The molecular formula is C16H21BrN4. The fourth-order valence-electron chi connectivity index (χ4n) is 3.51. The summed E-state index contributed by atoms with van der Waals surface area (Å²) < 4.78 is 0.864. The molecule has 4 nitrogen and oxygen atoms in total. The molecule has 1 aliphatic carbocycles. The largest absolute Gasteiger partial charge is 0.353 e. The summed E-state index contributed by atoms with van der Waals surface area (Å²) in [5.74, 6) is 0.837. The molecule has 2 fully saturated rings. The van der Waals surface area contributed by atoms with Crippen LogP contribution in [0.3, 0.4) is 0 Å². The maximum Gasteiger partial charge on any atom is 0.146 e. The summed E-state index contributed by atoms with van der Waals surface area (Å²) in [6.07, 6.45) is 8.68. The van der Waals surface area contributed by atoms with Gasteiger partial charge in [0.1, 0.15) is 11.9 Å². The molecule has 0 atom stereocenters. The highest BCUT2D eigenvalue weighted by Crippen LogP contribution is 2.26. The average molecular weight is 349 g/mol. The van der Waals surface area contributed by atoms with Gasteiger partial charge in [-0.3, -0.25) is 4.90 Å². The van der Waals surface area contributed by atoms with Gasteiger partial charge >= 0.3 is 0 Å². The van der Waals surface area contributed by atoms with Crippen molar-refractivity contribution in [1.29, 1.82) is 5.26 Å². The van der Waals surface area contributed by atoms with E-state index in [1.165, 1.54) is 32.1 Å². The number of hydrogen-bond acceptors (Lipinski definition) is 4. The van der Waals surface area contributed by atoms with Crippen molar-refractivity contribution in [1.82, 2.24) is 9.88 Å². The summed E-state index contributed by atoms with van der Waals surface area (Å²) in [5, 5.41) is 9.28. The van der Waals surface area contributed by atoms with E-state index in [0.29, 0.717) is 5.56 Å². The molecule has 5 heteroatoms. The van der Waals surface area contributed by atoms with Crippen LogP contribution in [0.15, 0.2) is 16.7 Å². The fraction of sp³-hybridized carbons (Fsp3) is 0.625. The van der Waals surface area contributed by atoms with Gasteiger partial charge in [0.25, 0.3) is 0 Å². The van der Waals surface area contributed by atoms with Gasteiger partial charge in [0.2, 0.25) is 0 Å². The normalized spacial score (nSPS) is 21.2. The summed E-state index contributed by atoms with van der Waals surface area (Å²) in [4.78, 5) is 9.34. The van der Waals surface area contributed by atoms with Crippen LogP contribution in [0.2, 0.25) is 0 Å². The van der Waals surface area contributed by atoms with Gasteiger partial charge in [-0.05, 0) is 34.8 Å². The Morgan fingerprint density at radius 1 is 1.14 bits per heavy atom. The van der Waals surface area contributed by atoms with E-state index >= 15 is 0 Å². The first kappa shape index (κ1) is 14.8. The third-order valence-corrected chi connectivity index (χ3v) is 5.09. The van der Waals surface area contributed by atoms with Crippen molar-refractivity contribution in [3.05, 3.63) is 22.3 Å². The second-order valence-electron chi connectivity index (χ2n) is 5.95. The van der Waals surface area contributed by atoms with Crippen molar-refractivity contribution in [2.75, 3.05) is 31.1 Å². The quantitative estimate of drug-likeness (QED) is 0.823. The van der Waals surface area contributed by atoms with Crippen LogP contribution in [-0.2, 0) is 0 Å². The molecule has 1 aromatic heterocycles. The molecule has 0 spiro atoms. The van der Waals surface area contributed by atoms with E-state index < -0.39 is 0 Å². The molecule has 2 heterocycles. The van der Waals surface area contributed by atoms with Crippen molar-refractivity contribution in [2.45, 2.75) is 38.1 Å². The van der Waals surface area contributed by atoms with Gasteiger partial charge in [0.15, 0.2) is 0 Å². The van der Waals surface area contributed by atoms with Crippen molar-refractivity contribution in [2.24, 2.45) is 0 Å². The van der Waals surface area contributed by atoms with Gasteiger partial charge in [-0.25, -0.2) is 4.98 Å². The molecule has 0 N–H and O–H groups in total. The Morgan fingerprint density at radius 3 is 2.52 bits per heavy atom. The molecule has 1 aliphatic heterocycles. The van der Waals surface area contributed by atoms with Crippen LogP contribution in [0.5, 0.6) is 0 Å². The molecule has 2 aliphatic rings. The molecule has 0 radical (unpaired) electrons. The van der Waals surface area contributed by atoms with E-state index in [1.807, 2.05) is 6.07 Å². The Balaban J connectivity index is 1.64. The van der Waals surface area contributed by atoms with E-state index in [-0.39, 0.29) is 0 Å². The van der Waals surface area contributed by atoms with Gasteiger partial charge in [0, 0.05) is 42.9 Å². The summed E-state index contributed by atoms with van der Waals surface area (Å²) >= 11 is 3.38. The number of rotatable bonds is 2. The summed E-state index contributed by atoms with van der Waals surface area (Å²) in [6, 6.07) is 4.90. The highest BCUT2D eigenvalue weighted by molar-refractivity contribution is 9.10. The minimum Gasteiger partial charge on any atom is -0.353 e. The molecular weight excluding hydrogens is 328 g/mol. The molecule has 0 aromatic carbocycles. The molecule has 0 bridgehead atoms. The zero-order chi connectivity index (χ0) is 14.7. The summed E-state index contributed by atoms with van der Waals surface area (Å²) in [7, 11) is 0. The number of halogens is 1. The van der Waals surface area contributed by atoms with Crippen molar-refractivity contribution in [3.8, 4) is 6.07 Å². The highest BCUT2D eigenvalue weighted by atomic mass is 79.9. The monoisotopic (exact) mass is 348 g/mol. The van der Waals surface area contributed by atoms with E-state index in [2.05, 4.69) is 36.8 Å². The molecule has 0 unspecified atom stereocenters. The Kier molecular flexibility index (Phi) is 4.77. The standard InChI is InChI=1S/C16H21BrN4/c17-14-10-13(11-18)16(19-12-14)21-8-6-20(7-9-21)15-4-2-1-3-5-15/h10,12,15H,1-9H2. The maximum absolute atomic E-state index is 9.28. The fourth-order valence-corrected chi connectivity index (χ4v) is 3.84. The van der Waals surface area contributed by atoms with Crippen LogP contribution in [0, 0.1) is 11.3 Å². The zero-order valence-corrected chi connectivity index (χ0v) is 13.8. The first-order chi connectivity index (χ1) is 10.3.